The summed E-state index contributed by atoms with van der Waals surface area (Å²) in [6.45, 7) is 4.77. The van der Waals surface area contributed by atoms with Crippen molar-refractivity contribution in [3.63, 3.8) is 0 Å². The van der Waals surface area contributed by atoms with Crippen LogP contribution in [0.25, 0.3) is 22.3 Å². The zero-order valence-corrected chi connectivity index (χ0v) is 24.1. The molecule has 11 heteroatoms. The van der Waals surface area contributed by atoms with Crippen molar-refractivity contribution in [2.75, 3.05) is 12.3 Å². The van der Waals surface area contributed by atoms with Crippen molar-refractivity contribution in [2.24, 2.45) is 0 Å². The van der Waals surface area contributed by atoms with Gasteiger partial charge in [-0.25, -0.2) is 19.0 Å². The molecule has 1 aliphatic carbocycles. The second kappa shape index (κ2) is 11.5. The number of anilines is 1. The normalized spacial score (nSPS) is 17.3. The maximum atomic E-state index is 15.5. The summed E-state index contributed by atoms with van der Waals surface area (Å²) in [4.78, 5) is 23.9. The van der Waals surface area contributed by atoms with Crippen LogP contribution in [0.5, 0.6) is 11.5 Å². The Balaban J connectivity index is 1.28. The number of rotatable bonds is 9. The van der Waals surface area contributed by atoms with E-state index in [0.717, 1.165) is 25.7 Å². The van der Waals surface area contributed by atoms with E-state index in [1.807, 2.05) is 32.0 Å². The molecule has 2 aliphatic rings. The number of likely N-dealkylation sites (tertiary alicyclic amines) is 1. The summed E-state index contributed by atoms with van der Waals surface area (Å²) < 4.78 is 23.0. The second-order valence-corrected chi connectivity index (χ2v) is 11.6. The van der Waals surface area contributed by atoms with Gasteiger partial charge >= 0.3 is 0 Å². The number of aromatic nitrogens is 4. The minimum absolute atomic E-state index is 0.113. The van der Waals surface area contributed by atoms with E-state index in [1.54, 1.807) is 39.9 Å². The first-order valence-electron chi connectivity index (χ1n) is 14.4. The number of halogens is 1. The van der Waals surface area contributed by atoms with Crippen LogP contribution in [0, 0.1) is 17.1 Å². The van der Waals surface area contributed by atoms with Crippen LogP contribution in [0.2, 0.25) is 0 Å². The Labute approximate surface area is 249 Å². The maximum absolute atomic E-state index is 15.5. The molecule has 1 amide bonds. The van der Waals surface area contributed by atoms with Crippen molar-refractivity contribution in [2.45, 2.75) is 63.7 Å². The molecule has 6 rings (SSSR count). The largest absolute Gasteiger partial charge is 0.457 e. The molecule has 43 heavy (non-hydrogen) atoms. The molecule has 1 saturated heterocycles. The Morgan fingerprint density at radius 3 is 2.70 bits per heavy atom. The number of nitrogens with one attached hydrogen (secondary N) is 1. The van der Waals surface area contributed by atoms with E-state index in [1.165, 1.54) is 12.4 Å². The average molecular weight is 581 g/mol. The number of fused-ring (bicyclic) bond motifs is 1. The van der Waals surface area contributed by atoms with Gasteiger partial charge in [0.15, 0.2) is 5.65 Å². The highest BCUT2D eigenvalue weighted by molar-refractivity contribution is 5.99. The monoisotopic (exact) mass is 580 g/mol. The number of benzene rings is 2. The summed E-state index contributed by atoms with van der Waals surface area (Å²) in [5, 5.41) is 18.5. The maximum Gasteiger partial charge on any atom is 0.264 e. The number of nitrogens with two attached hydrogens (primary N) is 1. The van der Waals surface area contributed by atoms with Crippen LogP contribution >= 0.6 is 0 Å². The van der Waals surface area contributed by atoms with Gasteiger partial charge in [0.25, 0.3) is 5.91 Å². The van der Waals surface area contributed by atoms with Crippen molar-refractivity contribution in [3.8, 4) is 28.8 Å². The highest BCUT2D eigenvalue weighted by Gasteiger charge is 2.34. The number of amides is 1. The molecule has 3 N–H and O–H groups in total. The average Bonchev–Trinajstić information content (AvgIpc) is 3.52. The van der Waals surface area contributed by atoms with Crippen LogP contribution in [0.1, 0.15) is 39.5 Å². The molecule has 0 bridgehead atoms. The van der Waals surface area contributed by atoms with E-state index < -0.39 is 11.4 Å². The predicted molar refractivity (Wildman–Crippen MR) is 160 cm³/mol. The number of ether oxygens (including phenoxy) is 1. The minimum atomic E-state index is -0.535. The summed E-state index contributed by atoms with van der Waals surface area (Å²) in [6.07, 6.45) is 6.79. The van der Waals surface area contributed by atoms with Gasteiger partial charge in [-0.3, -0.25) is 4.79 Å². The molecule has 3 heterocycles. The van der Waals surface area contributed by atoms with Crippen LogP contribution in [0.3, 0.4) is 0 Å². The first-order chi connectivity index (χ1) is 20.7. The molecule has 1 saturated carbocycles. The number of para-hydroxylation sites is 1. The summed E-state index contributed by atoms with van der Waals surface area (Å²) in [5.41, 5.74) is 6.87. The number of carbonyl (C=O) groups excluding carboxylic acids is 1. The zero-order valence-electron chi connectivity index (χ0n) is 24.1. The topological polar surface area (TPSA) is 135 Å². The van der Waals surface area contributed by atoms with Crippen molar-refractivity contribution in [3.05, 3.63) is 72.3 Å². The van der Waals surface area contributed by atoms with Gasteiger partial charge < -0.3 is 20.7 Å². The van der Waals surface area contributed by atoms with Gasteiger partial charge in [-0.15, -0.1) is 0 Å². The van der Waals surface area contributed by atoms with Gasteiger partial charge in [-0.1, -0.05) is 18.2 Å². The fourth-order valence-electron chi connectivity index (χ4n) is 5.67. The minimum Gasteiger partial charge on any atom is -0.457 e. The molecule has 2 aromatic heterocycles. The van der Waals surface area contributed by atoms with Crippen LogP contribution in [0.4, 0.5) is 10.2 Å². The number of nitriles is 1. The van der Waals surface area contributed by atoms with Crippen molar-refractivity contribution < 1.29 is 13.9 Å². The molecule has 4 aromatic rings. The van der Waals surface area contributed by atoms with E-state index in [4.69, 9.17) is 15.6 Å². The number of hydrogen-bond donors (Lipinski definition) is 2. The molecule has 10 nitrogen and oxygen atoms in total. The first-order valence-corrected chi connectivity index (χ1v) is 14.4. The zero-order chi connectivity index (χ0) is 30.1. The molecule has 0 unspecified atom stereocenters. The lowest BCUT2D eigenvalue weighted by Crippen LogP contribution is -2.42. The van der Waals surface area contributed by atoms with Gasteiger partial charge in [-0.2, -0.15) is 10.4 Å². The molecule has 2 aromatic carbocycles. The molecular formula is C32H33FN8O2. The highest BCUT2D eigenvalue weighted by atomic mass is 19.1. The summed E-state index contributed by atoms with van der Waals surface area (Å²) in [5.74, 6) is 0.274. The molecule has 1 atom stereocenters. The number of nitrogens with zero attached hydrogens (tertiary/aromatic N) is 6. The van der Waals surface area contributed by atoms with Crippen LogP contribution < -0.4 is 15.8 Å². The fourth-order valence-corrected chi connectivity index (χ4v) is 5.67. The van der Waals surface area contributed by atoms with Crippen molar-refractivity contribution in [1.82, 2.24) is 30.0 Å². The third-order valence-corrected chi connectivity index (χ3v) is 7.76. The molecule has 0 radical (unpaired) electrons. The number of nitrogen functional groups attached to an aromatic ring is 1. The van der Waals surface area contributed by atoms with E-state index in [2.05, 4.69) is 21.4 Å². The first kappa shape index (κ1) is 28.3. The summed E-state index contributed by atoms with van der Waals surface area (Å²) in [7, 11) is 0. The lowest BCUT2D eigenvalue weighted by molar-refractivity contribution is -0.127. The van der Waals surface area contributed by atoms with Crippen molar-refractivity contribution in [1.29, 1.82) is 5.26 Å². The summed E-state index contributed by atoms with van der Waals surface area (Å²) in [6, 6.07) is 16.0. The molecule has 1 aliphatic heterocycles. The fraction of sp³-hybridized carbons (Fsp3) is 0.344. The Hall–Kier alpha value is -4.82. The standard InChI is InChI=1S/C32H33FN8O2/c1-32(2,38-21-10-11-21)16-20(17-34)31(42)40-14-6-7-22(40)18-41-30-27(29(35)36-19-37-30)28(39-41)25-13-12-24(15-26(25)33)43-23-8-4-3-5-9-23/h3-5,8-9,12-13,15-16,19,21-22,38H,6-7,10-11,14,18H2,1-2H3,(H2,35,36,37)/b20-16-/t22-/m0/s1. The smallest absolute Gasteiger partial charge is 0.264 e. The number of carbonyl (C=O) groups is 1. The number of hydrogen-bond acceptors (Lipinski definition) is 8. The predicted octanol–water partition coefficient (Wildman–Crippen LogP) is 4.98. The highest BCUT2D eigenvalue weighted by Crippen LogP contribution is 2.35. The Kier molecular flexibility index (Phi) is 7.54. The Morgan fingerprint density at radius 2 is 1.98 bits per heavy atom. The van der Waals surface area contributed by atoms with E-state index in [9.17, 15) is 10.1 Å². The second-order valence-electron chi connectivity index (χ2n) is 11.6. The van der Waals surface area contributed by atoms with Gasteiger partial charge in [0.2, 0.25) is 0 Å². The Morgan fingerprint density at radius 1 is 1.19 bits per heavy atom. The SMILES string of the molecule is CC(C)(/C=C(/C#N)C(=O)N1CCC[C@H]1Cn1nc(-c2ccc(Oc3ccccc3)cc2F)c2c(N)ncnc21)NC1CC1. The van der Waals surface area contributed by atoms with E-state index in [-0.39, 0.29) is 28.9 Å². The Bertz CT molecular complexity index is 1740. The van der Waals surface area contributed by atoms with Gasteiger partial charge in [0.05, 0.1) is 18.0 Å². The lowest BCUT2D eigenvalue weighted by Gasteiger charge is -2.27. The third kappa shape index (κ3) is 6.05. The van der Waals surface area contributed by atoms with Crippen LogP contribution in [-0.4, -0.2) is 54.7 Å². The van der Waals surface area contributed by atoms with E-state index in [0.29, 0.717) is 47.4 Å². The van der Waals surface area contributed by atoms with Crippen LogP contribution in [0.15, 0.2) is 66.5 Å². The molecule has 2 fully saturated rings. The summed E-state index contributed by atoms with van der Waals surface area (Å²) >= 11 is 0. The quantitative estimate of drug-likeness (QED) is 0.209. The lowest BCUT2D eigenvalue weighted by atomic mass is 10.0. The van der Waals surface area contributed by atoms with Gasteiger partial charge in [-0.05, 0) is 69.9 Å². The third-order valence-electron chi connectivity index (χ3n) is 7.76. The van der Waals surface area contributed by atoms with Gasteiger partial charge in [0.1, 0.15) is 46.8 Å². The molecule has 0 spiro atoms. The molecular weight excluding hydrogens is 547 g/mol. The molecule has 220 valence electrons. The van der Waals surface area contributed by atoms with Crippen LogP contribution in [-0.2, 0) is 11.3 Å². The van der Waals surface area contributed by atoms with Crippen molar-refractivity contribution >= 4 is 22.8 Å². The van der Waals surface area contributed by atoms with Gasteiger partial charge in [0, 0.05) is 29.8 Å². The van der Waals surface area contributed by atoms with E-state index >= 15 is 4.39 Å².